The number of H-pyrrole nitrogens is 1. The molecule has 0 radical (unpaired) electrons. The number of halogens is 1. The molecule has 0 spiro atoms. The maximum Gasteiger partial charge on any atom is 0.294 e. The molecule has 0 aliphatic carbocycles. The molecule has 1 heterocycles. The van der Waals surface area contributed by atoms with Gasteiger partial charge in [-0.3, -0.25) is 15.2 Å². The molecule has 1 N–H and O–H groups in total. The third-order valence-corrected chi connectivity index (χ3v) is 2.37. The lowest BCUT2D eigenvalue weighted by Gasteiger charge is -1.95. The van der Waals surface area contributed by atoms with Crippen LogP contribution in [-0.2, 0) is 0 Å². The maximum atomic E-state index is 10.7. The monoisotopic (exact) mass is 241 g/mol. The largest absolute Gasteiger partial charge is 0.294 e. The van der Waals surface area contributed by atoms with Crippen molar-refractivity contribution in [1.82, 2.24) is 10.2 Å². The Morgan fingerprint density at radius 2 is 2.31 bits per heavy atom. The Bertz CT molecular complexity index is 480. The molecule has 13 heavy (non-hydrogen) atoms. The highest BCUT2D eigenvalue weighted by Crippen LogP contribution is 2.31. The highest BCUT2D eigenvalue weighted by Gasteiger charge is 2.17. The van der Waals surface area contributed by atoms with E-state index in [1.165, 1.54) is 6.20 Å². The molecular formula is C7H4BrN3O2. The number of fused-ring (bicyclic) bond motifs is 1. The minimum atomic E-state index is -0.429. The topological polar surface area (TPSA) is 71.8 Å². The molecule has 1 aromatic heterocycles. The van der Waals surface area contributed by atoms with Crippen molar-refractivity contribution < 1.29 is 4.92 Å². The number of hydrogen-bond acceptors (Lipinski definition) is 3. The van der Waals surface area contributed by atoms with Gasteiger partial charge in [-0.1, -0.05) is 0 Å². The number of aromatic amines is 1. The number of rotatable bonds is 1. The lowest BCUT2D eigenvalue weighted by Crippen LogP contribution is -1.89. The summed E-state index contributed by atoms with van der Waals surface area (Å²) in [5, 5.41) is 17.6. The summed E-state index contributed by atoms with van der Waals surface area (Å²) in [4.78, 5) is 10.2. The number of hydrogen-bond donors (Lipinski definition) is 1. The van der Waals surface area contributed by atoms with Crippen LogP contribution in [0.15, 0.2) is 22.8 Å². The summed E-state index contributed by atoms with van der Waals surface area (Å²) in [6, 6.07) is 3.36. The van der Waals surface area contributed by atoms with Gasteiger partial charge in [-0.05, 0) is 28.1 Å². The molecule has 0 saturated carbocycles. The van der Waals surface area contributed by atoms with E-state index in [0.29, 0.717) is 15.4 Å². The van der Waals surface area contributed by atoms with E-state index in [2.05, 4.69) is 26.1 Å². The first-order valence-electron chi connectivity index (χ1n) is 3.46. The summed E-state index contributed by atoms with van der Waals surface area (Å²) in [6.45, 7) is 0. The van der Waals surface area contributed by atoms with Crippen molar-refractivity contribution in [2.45, 2.75) is 0 Å². The van der Waals surface area contributed by atoms with Crippen molar-refractivity contribution in [2.24, 2.45) is 0 Å². The van der Waals surface area contributed by atoms with Crippen LogP contribution in [0.3, 0.4) is 0 Å². The molecule has 1 aromatic carbocycles. The Morgan fingerprint density at radius 1 is 1.54 bits per heavy atom. The van der Waals surface area contributed by atoms with E-state index >= 15 is 0 Å². The van der Waals surface area contributed by atoms with E-state index in [0.717, 1.165) is 0 Å². The zero-order valence-electron chi connectivity index (χ0n) is 6.32. The van der Waals surface area contributed by atoms with Gasteiger partial charge < -0.3 is 0 Å². The Balaban J connectivity index is 2.88. The smallest absolute Gasteiger partial charge is 0.278 e. The number of nitro benzene ring substituents is 1. The van der Waals surface area contributed by atoms with Crippen LogP contribution in [0.5, 0.6) is 0 Å². The van der Waals surface area contributed by atoms with Crippen LogP contribution in [0.25, 0.3) is 10.9 Å². The van der Waals surface area contributed by atoms with Crippen LogP contribution in [0.2, 0.25) is 0 Å². The predicted octanol–water partition coefficient (Wildman–Crippen LogP) is 2.23. The number of benzene rings is 1. The van der Waals surface area contributed by atoms with Gasteiger partial charge in [-0.15, -0.1) is 0 Å². The fourth-order valence-electron chi connectivity index (χ4n) is 1.16. The fraction of sp³-hybridized carbons (Fsp3) is 0. The first-order valence-corrected chi connectivity index (χ1v) is 4.25. The molecule has 0 bridgehead atoms. The highest BCUT2D eigenvalue weighted by atomic mass is 79.9. The second kappa shape index (κ2) is 2.81. The highest BCUT2D eigenvalue weighted by molar-refractivity contribution is 9.10. The number of nitro groups is 1. The molecule has 2 rings (SSSR count). The molecule has 0 unspecified atom stereocenters. The van der Waals surface area contributed by atoms with Gasteiger partial charge in [0.1, 0.15) is 0 Å². The molecule has 5 nitrogen and oxygen atoms in total. The molecule has 0 saturated heterocycles. The zero-order valence-corrected chi connectivity index (χ0v) is 7.91. The summed E-state index contributed by atoms with van der Waals surface area (Å²) in [5.74, 6) is 0. The van der Waals surface area contributed by atoms with E-state index in [1.807, 2.05) is 0 Å². The van der Waals surface area contributed by atoms with Crippen LogP contribution >= 0.6 is 15.9 Å². The van der Waals surface area contributed by atoms with Crippen molar-refractivity contribution in [3.63, 3.8) is 0 Å². The van der Waals surface area contributed by atoms with Gasteiger partial charge in [0.2, 0.25) is 0 Å². The Labute approximate surface area is 81.0 Å². The van der Waals surface area contributed by atoms with Gasteiger partial charge in [0.05, 0.1) is 26.5 Å². The van der Waals surface area contributed by atoms with Crippen LogP contribution in [0.1, 0.15) is 0 Å². The standard InChI is InChI=1S/C7H4BrN3O2/c8-5-1-2-6-4(3-9-10-6)7(5)11(12)13/h1-3H,(H,9,10). The minimum absolute atomic E-state index is 0.0475. The van der Waals surface area contributed by atoms with Gasteiger partial charge in [0, 0.05) is 0 Å². The number of nitrogens with one attached hydrogen (secondary N) is 1. The van der Waals surface area contributed by atoms with Crippen molar-refractivity contribution in [1.29, 1.82) is 0 Å². The van der Waals surface area contributed by atoms with Crippen LogP contribution in [0, 0.1) is 10.1 Å². The van der Waals surface area contributed by atoms with E-state index in [4.69, 9.17) is 0 Å². The van der Waals surface area contributed by atoms with Crippen LogP contribution in [0.4, 0.5) is 5.69 Å². The van der Waals surface area contributed by atoms with Crippen molar-refractivity contribution in [3.8, 4) is 0 Å². The first-order chi connectivity index (χ1) is 6.20. The van der Waals surface area contributed by atoms with E-state index < -0.39 is 4.92 Å². The Hall–Kier alpha value is -1.43. The van der Waals surface area contributed by atoms with Gasteiger partial charge in [0.25, 0.3) is 5.69 Å². The van der Waals surface area contributed by atoms with E-state index in [9.17, 15) is 10.1 Å². The molecule has 6 heteroatoms. The molecule has 0 fully saturated rings. The summed E-state index contributed by atoms with van der Waals surface area (Å²) < 4.78 is 0.464. The Kier molecular flexibility index (Phi) is 1.77. The van der Waals surface area contributed by atoms with Crippen molar-refractivity contribution >= 4 is 32.5 Å². The third-order valence-electron chi connectivity index (χ3n) is 1.73. The van der Waals surface area contributed by atoms with E-state index in [-0.39, 0.29) is 5.69 Å². The van der Waals surface area contributed by atoms with Gasteiger partial charge in [-0.25, -0.2) is 0 Å². The summed E-state index contributed by atoms with van der Waals surface area (Å²) in [7, 11) is 0. The molecular weight excluding hydrogens is 238 g/mol. The molecule has 0 amide bonds. The normalized spacial score (nSPS) is 10.5. The maximum absolute atomic E-state index is 10.7. The molecule has 0 aliphatic rings. The van der Waals surface area contributed by atoms with Crippen LogP contribution < -0.4 is 0 Å². The molecule has 2 aromatic rings. The molecule has 0 atom stereocenters. The van der Waals surface area contributed by atoms with E-state index in [1.54, 1.807) is 12.1 Å². The molecule has 0 aliphatic heterocycles. The first kappa shape index (κ1) is 8.18. The number of aromatic nitrogens is 2. The summed E-state index contributed by atoms with van der Waals surface area (Å²) in [6.07, 6.45) is 1.44. The van der Waals surface area contributed by atoms with Gasteiger partial charge in [0.15, 0.2) is 0 Å². The summed E-state index contributed by atoms with van der Waals surface area (Å²) >= 11 is 3.12. The fourth-order valence-corrected chi connectivity index (χ4v) is 1.65. The zero-order chi connectivity index (χ0) is 9.42. The average molecular weight is 242 g/mol. The van der Waals surface area contributed by atoms with Gasteiger partial charge >= 0.3 is 0 Å². The third kappa shape index (κ3) is 1.19. The lowest BCUT2D eigenvalue weighted by molar-refractivity contribution is -0.383. The lowest BCUT2D eigenvalue weighted by atomic mass is 10.2. The second-order valence-electron chi connectivity index (χ2n) is 2.48. The van der Waals surface area contributed by atoms with Crippen molar-refractivity contribution in [2.75, 3.05) is 0 Å². The second-order valence-corrected chi connectivity index (χ2v) is 3.34. The summed E-state index contributed by atoms with van der Waals surface area (Å²) in [5.41, 5.74) is 0.709. The quantitative estimate of drug-likeness (QED) is 0.615. The SMILES string of the molecule is O=[N+]([O-])c1c(Br)ccc2[nH]ncc12. The number of nitrogens with zero attached hydrogens (tertiary/aromatic N) is 2. The van der Waals surface area contributed by atoms with Crippen LogP contribution in [-0.4, -0.2) is 15.1 Å². The molecule has 66 valence electrons. The van der Waals surface area contributed by atoms with Gasteiger partial charge in [-0.2, -0.15) is 5.10 Å². The average Bonchev–Trinajstić information content (AvgIpc) is 2.50. The predicted molar refractivity (Wildman–Crippen MR) is 50.4 cm³/mol. The van der Waals surface area contributed by atoms with Crippen molar-refractivity contribution in [3.05, 3.63) is 32.9 Å². The Morgan fingerprint density at radius 3 is 3.00 bits per heavy atom. The minimum Gasteiger partial charge on any atom is -0.278 e.